The van der Waals surface area contributed by atoms with Crippen LogP contribution in [0.4, 0.5) is 0 Å². The maximum Gasteiger partial charge on any atom is 0.243 e. The van der Waals surface area contributed by atoms with Crippen LogP contribution in [0.3, 0.4) is 0 Å². The van der Waals surface area contributed by atoms with Gasteiger partial charge in [0.1, 0.15) is 6.54 Å². The second-order valence-electron chi connectivity index (χ2n) is 9.01. The number of carbonyl (C=O) groups excluding carboxylic acids is 2. The minimum Gasteiger partial charge on any atom is -0.378 e. The normalized spacial score (nSPS) is 22.1. The Morgan fingerprint density at radius 2 is 1.63 bits per heavy atom. The number of guanidine groups is 1. The van der Waals surface area contributed by atoms with E-state index in [-0.39, 0.29) is 24.3 Å². The third-order valence-electron chi connectivity index (χ3n) is 6.60. The van der Waals surface area contributed by atoms with Crippen molar-refractivity contribution in [3.8, 4) is 0 Å². The molecule has 3 aliphatic rings. The number of ether oxygens (including phenoxy) is 1. The monoisotopic (exact) mass is 421 g/mol. The van der Waals surface area contributed by atoms with Crippen molar-refractivity contribution >= 4 is 17.8 Å². The highest BCUT2D eigenvalue weighted by molar-refractivity contribution is 5.85. The van der Waals surface area contributed by atoms with E-state index < -0.39 is 0 Å². The van der Waals surface area contributed by atoms with E-state index in [0.29, 0.717) is 32.2 Å². The number of amides is 2. The minimum absolute atomic E-state index is 0.00403. The standard InChI is InChI=1S/C22H39N5O3/c1-25(2)20(28)17-24-22(23-16-18-6-4-3-5-7-18)27-10-8-19(9-11-27)21(29)26-12-14-30-15-13-26/h18-19H,3-17H2,1-2H3,(H,23,24). The number of hydrogen-bond donors (Lipinski definition) is 1. The van der Waals surface area contributed by atoms with E-state index in [4.69, 9.17) is 4.74 Å². The van der Waals surface area contributed by atoms with Gasteiger partial charge in [-0.1, -0.05) is 19.3 Å². The molecule has 0 radical (unpaired) electrons. The molecule has 8 heteroatoms. The average molecular weight is 422 g/mol. The second kappa shape index (κ2) is 11.5. The summed E-state index contributed by atoms with van der Waals surface area (Å²) in [7, 11) is 3.52. The van der Waals surface area contributed by atoms with Gasteiger partial charge in [0, 0.05) is 52.7 Å². The fourth-order valence-electron chi connectivity index (χ4n) is 4.56. The molecule has 0 bridgehead atoms. The van der Waals surface area contributed by atoms with Crippen LogP contribution in [0.5, 0.6) is 0 Å². The fraction of sp³-hybridized carbons (Fsp3) is 0.864. The van der Waals surface area contributed by atoms with E-state index in [9.17, 15) is 9.59 Å². The van der Waals surface area contributed by atoms with Gasteiger partial charge < -0.3 is 24.8 Å². The van der Waals surface area contributed by atoms with Crippen LogP contribution in [0.1, 0.15) is 44.9 Å². The van der Waals surface area contributed by atoms with Crippen LogP contribution >= 0.6 is 0 Å². The van der Waals surface area contributed by atoms with Gasteiger partial charge in [0.15, 0.2) is 5.96 Å². The van der Waals surface area contributed by atoms with E-state index in [1.165, 1.54) is 32.1 Å². The van der Waals surface area contributed by atoms with Crippen molar-refractivity contribution in [1.29, 1.82) is 0 Å². The molecule has 2 amide bonds. The number of rotatable bonds is 5. The fourth-order valence-corrected chi connectivity index (χ4v) is 4.56. The zero-order valence-corrected chi connectivity index (χ0v) is 18.8. The SMILES string of the molecule is CN(C)C(=O)CN=C(NCC1CCCCC1)N1CCC(C(=O)N2CCOCC2)CC1. The van der Waals surface area contributed by atoms with Crippen molar-refractivity contribution in [2.24, 2.45) is 16.8 Å². The number of hydrogen-bond acceptors (Lipinski definition) is 4. The van der Waals surface area contributed by atoms with Crippen molar-refractivity contribution < 1.29 is 14.3 Å². The Balaban J connectivity index is 1.55. The van der Waals surface area contributed by atoms with Crippen LogP contribution in [0.25, 0.3) is 0 Å². The van der Waals surface area contributed by atoms with Gasteiger partial charge in [0.2, 0.25) is 11.8 Å². The minimum atomic E-state index is 0.00403. The molecule has 30 heavy (non-hydrogen) atoms. The molecule has 1 N–H and O–H groups in total. The lowest BCUT2D eigenvalue weighted by atomic mass is 9.89. The molecule has 3 fully saturated rings. The number of carbonyl (C=O) groups is 2. The molecule has 0 aromatic carbocycles. The molecule has 3 rings (SSSR count). The molecule has 1 aliphatic carbocycles. The first kappa shape index (κ1) is 22.8. The molecular formula is C22H39N5O3. The topological polar surface area (TPSA) is 77.5 Å². The Morgan fingerprint density at radius 3 is 2.27 bits per heavy atom. The van der Waals surface area contributed by atoms with Crippen LogP contribution in [0, 0.1) is 11.8 Å². The summed E-state index contributed by atoms with van der Waals surface area (Å²) in [4.78, 5) is 35.3. The molecule has 2 saturated heterocycles. The van der Waals surface area contributed by atoms with Gasteiger partial charge in [0.05, 0.1) is 13.2 Å². The molecule has 2 aliphatic heterocycles. The zero-order chi connectivity index (χ0) is 21.3. The molecule has 0 atom stereocenters. The van der Waals surface area contributed by atoms with Crippen molar-refractivity contribution in [3.63, 3.8) is 0 Å². The Bertz CT molecular complexity index is 590. The first-order chi connectivity index (χ1) is 14.5. The van der Waals surface area contributed by atoms with Gasteiger partial charge in [0.25, 0.3) is 0 Å². The highest BCUT2D eigenvalue weighted by Gasteiger charge is 2.30. The summed E-state index contributed by atoms with van der Waals surface area (Å²) in [6.07, 6.45) is 8.18. The molecule has 0 spiro atoms. The van der Waals surface area contributed by atoms with Crippen molar-refractivity contribution in [3.05, 3.63) is 0 Å². The average Bonchev–Trinajstić information content (AvgIpc) is 2.80. The Kier molecular flexibility index (Phi) is 8.78. The zero-order valence-electron chi connectivity index (χ0n) is 18.8. The molecule has 0 aromatic heterocycles. The van der Waals surface area contributed by atoms with Gasteiger partial charge in [-0.3, -0.25) is 9.59 Å². The molecule has 8 nitrogen and oxygen atoms in total. The molecule has 0 unspecified atom stereocenters. The van der Waals surface area contributed by atoms with Gasteiger partial charge in [-0.15, -0.1) is 0 Å². The highest BCUT2D eigenvalue weighted by atomic mass is 16.5. The summed E-state index contributed by atoms with van der Waals surface area (Å²) in [5.74, 6) is 1.88. The van der Waals surface area contributed by atoms with Gasteiger partial charge in [-0.25, -0.2) is 4.99 Å². The summed E-state index contributed by atoms with van der Waals surface area (Å²) < 4.78 is 5.37. The Morgan fingerprint density at radius 1 is 0.967 bits per heavy atom. The lowest BCUT2D eigenvalue weighted by molar-refractivity contribution is -0.140. The molecule has 1 saturated carbocycles. The van der Waals surface area contributed by atoms with Gasteiger partial charge in [-0.2, -0.15) is 0 Å². The molecule has 0 aromatic rings. The third-order valence-corrected chi connectivity index (χ3v) is 6.60. The number of nitrogens with one attached hydrogen (secondary N) is 1. The van der Waals surface area contributed by atoms with E-state index in [0.717, 1.165) is 38.4 Å². The van der Waals surface area contributed by atoms with Crippen molar-refractivity contribution in [2.75, 3.05) is 66.6 Å². The van der Waals surface area contributed by atoms with Gasteiger partial charge >= 0.3 is 0 Å². The maximum atomic E-state index is 12.8. The summed E-state index contributed by atoms with van der Waals surface area (Å²) in [5, 5.41) is 3.55. The molecule has 2 heterocycles. The first-order valence-electron chi connectivity index (χ1n) is 11.6. The lowest BCUT2D eigenvalue weighted by Crippen LogP contribution is -2.50. The van der Waals surface area contributed by atoms with Crippen LogP contribution in [0.2, 0.25) is 0 Å². The predicted molar refractivity (Wildman–Crippen MR) is 117 cm³/mol. The quantitative estimate of drug-likeness (QED) is 0.533. The van der Waals surface area contributed by atoms with Crippen molar-refractivity contribution in [2.45, 2.75) is 44.9 Å². The maximum absolute atomic E-state index is 12.8. The Labute approximate surface area is 181 Å². The highest BCUT2D eigenvalue weighted by Crippen LogP contribution is 2.23. The number of nitrogens with zero attached hydrogens (tertiary/aromatic N) is 4. The summed E-state index contributed by atoms with van der Waals surface area (Å²) in [6, 6.07) is 0. The number of morpholine rings is 1. The van der Waals surface area contributed by atoms with Crippen LogP contribution < -0.4 is 5.32 Å². The summed E-state index contributed by atoms with van der Waals surface area (Å²) in [6.45, 7) is 5.39. The summed E-state index contributed by atoms with van der Waals surface area (Å²) in [5.41, 5.74) is 0. The van der Waals surface area contributed by atoms with Crippen LogP contribution in [-0.2, 0) is 14.3 Å². The van der Waals surface area contributed by atoms with Crippen molar-refractivity contribution in [1.82, 2.24) is 20.0 Å². The second-order valence-corrected chi connectivity index (χ2v) is 9.01. The number of likely N-dealkylation sites (tertiary alicyclic amines) is 1. The molecular weight excluding hydrogens is 382 g/mol. The van der Waals surface area contributed by atoms with Crippen LogP contribution in [0.15, 0.2) is 4.99 Å². The largest absolute Gasteiger partial charge is 0.378 e. The van der Waals surface area contributed by atoms with Gasteiger partial charge in [-0.05, 0) is 31.6 Å². The molecule has 170 valence electrons. The third kappa shape index (κ3) is 6.59. The lowest BCUT2D eigenvalue weighted by Gasteiger charge is -2.37. The predicted octanol–water partition coefficient (Wildman–Crippen LogP) is 1.17. The van der Waals surface area contributed by atoms with E-state index in [2.05, 4.69) is 15.2 Å². The number of aliphatic imine (C=N–C) groups is 1. The summed E-state index contributed by atoms with van der Waals surface area (Å²) >= 11 is 0. The Hall–Kier alpha value is -1.83. The van der Waals surface area contributed by atoms with E-state index >= 15 is 0 Å². The first-order valence-corrected chi connectivity index (χ1v) is 11.6. The smallest absolute Gasteiger partial charge is 0.243 e. The van der Waals surface area contributed by atoms with E-state index in [1.807, 2.05) is 4.90 Å². The number of piperidine rings is 1. The van der Waals surface area contributed by atoms with Crippen LogP contribution in [-0.4, -0.2) is 99.1 Å². The van der Waals surface area contributed by atoms with E-state index in [1.54, 1.807) is 19.0 Å². The number of likely N-dealkylation sites (N-methyl/N-ethyl adjacent to an activating group) is 1.